The molecule has 1 spiro atoms. The second-order valence-electron chi connectivity index (χ2n) is 31.2. The lowest BCUT2D eigenvalue weighted by Gasteiger charge is -2.31. The predicted molar refractivity (Wildman–Crippen MR) is 489 cm³/mol. The Morgan fingerprint density at radius 1 is 0.240 bits per heavy atom. The molecule has 0 bridgehead atoms. The normalized spacial score (nSPS) is 12.5. The number of nitriles is 4. The Hall–Kier alpha value is -17.1. The van der Waals surface area contributed by atoms with Gasteiger partial charge in [0.2, 0.25) is 0 Å². The summed E-state index contributed by atoms with van der Waals surface area (Å²) in [6.07, 6.45) is 24.8. The first-order valence-electron chi connectivity index (χ1n) is 40.4. The van der Waals surface area contributed by atoms with Crippen LogP contribution in [0.25, 0.3) is 0 Å². The molecular formula is C109H80N8O8. The Balaban J connectivity index is 0.828. The molecule has 0 N–H and O–H groups in total. The molecule has 16 rings (SSSR count). The summed E-state index contributed by atoms with van der Waals surface area (Å²) in [7, 11) is 0. The van der Waals surface area contributed by atoms with Gasteiger partial charge in [-0.1, -0.05) is 173 Å². The van der Waals surface area contributed by atoms with E-state index in [1.807, 2.05) is 238 Å². The van der Waals surface area contributed by atoms with Crippen LogP contribution in [-0.2, 0) is 16.2 Å². The molecule has 0 saturated carbocycles. The summed E-state index contributed by atoms with van der Waals surface area (Å²) in [5.41, 5.74) is 8.26. The van der Waals surface area contributed by atoms with Crippen molar-refractivity contribution in [1.29, 1.82) is 21.0 Å². The molecule has 14 aromatic carbocycles. The number of para-hydroxylation sites is 4. The highest BCUT2D eigenvalue weighted by Gasteiger charge is 2.57. The third kappa shape index (κ3) is 17.0. The molecule has 604 valence electrons. The summed E-state index contributed by atoms with van der Waals surface area (Å²) in [6, 6.07) is 107. The topological polar surface area (TPSA) is 182 Å². The molecule has 16 heteroatoms. The van der Waals surface area contributed by atoms with Crippen LogP contribution in [0.2, 0.25) is 0 Å². The van der Waals surface area contributed by atoms with Crippen LogP contribution in [0.15, 0.2) is 315 Å². The average molecular weight is 1630 g/mol. The third-order valence-corrected chi connectivity index (χ3v) is 22.1. The molecule has 2 aliphatic rings. The van der Waals surface area contributed by atoms with E-state index >= 15 is 0 Å². The van der Waals surface area contributed by atoms with E-state index in [-0.39, 0.29) is 117 Å². The zero-order valence-corrected chi connectivity index (χ0v) is 68.9. The molecule has 14 aromatic rings. The third-order valence-electron chi connectivity index (χ3n) is 22.1. The fourth-order valence-electron chi connectivity index (χ4n) is 16.8. The first-order valence-corrected chi connectivity index (χ1v) is 40.4. The number of hydrogen-bond donors (Lipinski definition) is 0. The Bertz CT molecular complexity index is 6390. The quantitative estimate of drug-likeness (QED) is 0.0422. The van der Waals surface area contributed by atoms with E-state index in [0.29, 0.717) is 35.8 Å². The number of hydrogen-bond acceptors (Lipinski definition) is 16. The summed E-state index contributed by atoms with van der Waals surface area (Å²) in [5, 5.41) is 45.6. The lowest BCUT2D eigenvalue weighted by molar-refractivity contribution is 0.349. The number of anilines is 8. The summed E-state index contributed by atoms with van der Waals surface area (Å²) in [6.45, 7) is 9.84. The van der Waals surface area contributed by atoms with Gasteiger partial charge in [-0.25, -0.2) is 0 Å². The number of ether oxygens (including phenoxy) is 8. The molecule has 0 atom stereocenters. The van der Waals surface area contributed by atoms with Crippen LogP contribution in [0, 0.1) is 94.7 Å². The van der Waals surface area contributed by atoms with E-state index in [1.165, 1.54) is 0 Å². The van der Waals surface area contributed by atoms with Gasteiger partial charge in [0.25, 0.3) is 0 Å². The minimum absolute atomic E-state index is 0.0691. The summed E-state index contributed by atoms with van der Waals surface area (Å²) < 4.78 is 55.6. The summed E-state index contributed by atoms with van der Waals surface area (Å²) in [5.74, 6) is 15.0. The molecular weight excluding hydrogens is 1550 g/mol. The Kier molecular flexibility index (Phi) is 23.4. The first kappa shape index (κ1) is 81.6. The van der Waals surface area contributed by atoms with Crippen molar-refractivity contribution >= 4 is 45.5 Å². The molecule has 0 radical (unpaired) electrons. The second kappa shape index (κ2) is 35.8. The van der Waals surface area contributed by atoms with Gasteiger partial charge in [0.05, 0.1) is 26.2 Å². The molecule has 0 aromatic heterocycles. The van der Waals surface area contributed by atoms with Gasteiger partial charge in [-0.05, 0) is 216 Å². The maximum atomic E-state index is 11.4. The zero-order chi connectivity index (χ0) is 86.6. The van der Waals surface area contributed by atoms with Crippen LogP contribution in [0.5, 0.6) is 92.0 Å². The van der Waals surface area contributed by atoms with Crippen molar-refractivity contribution in [2.75, 3.05) is 45.8 Å². The fraction of sp³-hybridized carbons (Fsp3) is 0.119. The maximum absolute atomic E-state index is 11.4. The number of benzene rings is 14. The van der Waals surface area contributed by atoms with Gasteiger partial charge in [-0.15, -0.1) is 25.7 Å². The first-order chi connectivity index (χ1) is 61.0. The Morgan fingerprint density at radius 2 is 0.440 bits per heavy atom. The van der Waals surface area contributed by atoms with Crippen LogP contribution in [0.4, 0.5) is 45.5 Å². The minimum atomic E-state index is -0.875. The Labute approximate surface area is 728 Å². The van der Waals surface area contributed by atoms with Crippen molar-refractivity contribution in [2.45, 2.75) is 56.8 Å². The molecule has 0 saturated heterocycles. The van der Waals surface area contributed by atoms with Gasteiger partial charge in [0.1, 0.15) is 116 Å². The van der Waals surface area contributed by atoms with E-state index in [1.54, 1.807) is 97.1 Å². The lowest BCUT2D eigenvalue weighted by Crippen LogP contribution is -2.27. The van der Waals surface area contributed by atoms with Crippen molar-refractivity contribution < 1.29 is 37.9 Å². The number of rotatable bonds is 28. The fourth-order valence-corrected chi connectivity index (χ4v) is 16.8. The smallest absolute Gasteiger partial charge is 0.170 e. The van der Waals surface area contributed by atoms with Crippen LogP contribution in [0.3, 0.4) is 0 Å². The number of fused-ring (bicyclic) bond motifs is 4. The monoisotopic (exact) mass is 1630 g/mol. The minimum Gasteiger partial charge on any atom is -0.456 e. The lowest BCUT2D eigenvalue weighted by atomic mass is 9.72. The SMILES string of the molecule is C#CCN(c1ccccc1)c1cccc(Oc2cccc(Oc3cc4c(cc3Oc3cccc(Oc5cccc(N(CC#C)c6ccccc6)c5)c3C#N)C3(CC4(C)C)CC(C)(C)c4cc(Oc5cccc(Oc6cccc(N(CC#C)c7ccccc7)c6)c5C#N)c(Oc5cccc(Oc6cccc(N(CC#C)c7ccccc7)c6)c5C#N)cc43)c2C#N)c1. The molecule has 0 heterocycles. The van der Waals surface area contributed by atoms with Gasteiger partial charge in [0.15, 0.2) is 23.0 Å². The molecule has 0 fully saturated rings. The van der Waals surface area contributed by atoms with Crippen molar-refractivity contribution in [2.24, 2.45) is 0 Å². The highest BCUT2D eigenvalue weighted by atomic mass is 16.5. The number of nitrogens with zero attached hydrogens (tertiary/aromatic N) is 8. The standard InChI is InChI=1S/C109H80N8O8/c1-9-57-114(75-33-17-13-18-34-75)79-41-25-45-83(61-79)118-95-49-29-53-99(87(95)69-110)122-103-65-91-93(67-105(103)124-101-55-31-51-97(89(101)71-112)120-85-47-27-43-81(63-85)116(59-11-3)77-37-21-15-22-38-77)109(73-107(91,5)6)74-108(7,8)92-66-104(123-100-54-30-50-96(88(100)70-111)119-84-46-26-42-80(62-84)115(58-10-2)76-35-19-14-20-36-76)106(68-94(92)109)125-102-56-32-52-98(90(102)72-113)121-86-48-28-44-82(64-86)117(60-12-4)78-39-23-16-24-40-78/h1-4,13-56,61-68H,57-60,73-74H2,5-8H3. The van der Waals surface area contributed by atoms with E-state index in [4.69, 9.17) is 63.6 Å². The average Bonchev–Trinajstić information content (AvgIpc) is 1.52. The van der Waals surface area contributed by atoms with E-state index < -0.39 is 16.2 Å². The Morgan fingerprint density at radius 3 is 0.656 bits per heavy atom. The van der Waals surface area contributed by atoms with Gasteiger partial charge < -0.3 is 57.5 Å². The van der Waals surface area contributed by atoms with E-state index in [0.717, 1.165) is 67.8 Å². The van der Waals surface area contributed by atoms with Crippen molar-refractivity contribution in [3.63, 3.8) is 0 Å². The number of terminal acetylenes is 4. The molecule has 0 aliphatic heterocycles. The second-order valence-corrected chi connectivity index (χ2v) is 31.2. The van der Waals surface area contributed by atoms with Crippen molar-refractivity contribution in [1.82, 2.24) is 0 Å². The summed E-state index contributed by atoms with van der Waals surface area (Å²) >= 11 is 0. The van der Waals surface area contributed by atoms with Crippen LogP contribution in [0.1, 0.15) is 85.0 Å². The molecule has 0 unspecified atom stereocenters. The molecule has 16 nitrogen and oxygen atoms in total. The van der Waals surface area contributed by atoms with Gasteiger partial charge >= 0.3 is 0 Å². The molecule has 0 amide bonds. The highest BCUT2D eigenvalue weighted by molar-refractivity contribution is 5.74. The largest absolute Gasteiger partial charge is 0.456 e. The van der Waals surface area contributed by atoms with E-state index in [9.17, 15) is 21.0 Å². The predicted octanol–water partition coefficient (Wildman–Crippen LogP) is 26.2. The van der Waals surface area contributed by atoms with Crippen LogP contribution in [-0.4, -0.2) is 26.2 Å². The van der Waals surface area contributed by atoms with Crippen LogP contribution < -0.4 is 57.5 Å². The van der Waals surface area contributed by atoms with Gasteiger partial charge in [-0.3, -0.25) is 0 Å². The zero-order valence-electron chi connectivity index (χ0n) is 68.9. The van der Waals surface area contributed by atoms with Gasteiger partial charge in [0, 0.05) is 75.2 Å². The van der Waals surface area contributed by atoms with E-state index in [2.05, 4.69) is 75.7 Å². The molecule has 2 aliphatic carbocycles. The van der Waals surface area contributed by atoms with Crippen molar-refractivity contribution in [3.8, 4) is 166 Å². The summed E-state index contributed by atoms with van der Waals surface area (Å²) in [4.78, 5) is 7.96. The van der Waals surface area contributed by atoms with Crippen LogP contribution >= 0.6 is 0 Å². The molecule has 125 heavy (non-hydrogen) atoms. The maximum Gasteiger partial charge on any atom is 0.170 e. The highest BCUT2D eigenvalue weighted by Crippen LogP contribution is 2.66. The van der Waals surface area contributed by atoms with Crippen molar-refractivity contribution in [3.05, 3.63) is 360 Å². The van der Waals surface area contributed by atoms with Gasteiger partial charge in [-0.2, -0.15) is 21.0 Å².